The van der Waals surface area contributed by atoms with Crippen LogP contribution in [0.15, 0.2) is 39.0 Å². The molecule has 1 aromatic heterocycles. The molecule has 0 unspecified atom stereocenters. The van der Waals surface area contributed by atoms with Crippen molar-refractivity contribution in [1.29, 1.82) is 0 Å². The number of hydrogen-bond donors (Lipinski definition) is 1. The number of nitrogens with zero attached hydrogens (tertiary/aromatic N) is 2. The van der Waals surface area contributed by atoms with Crippen LogP contribution in [0, 0.1) is 0 Å². The summed E-state index contributed by atoms with van der Waals surface area (Å²) in [4.78, 5) is 27.8. The minimum atomic E-state index is -0.708. The number of aromatic amines is 1. The topological polar surface area (TPSA) is 104 Å². The summed E-state index contributed by atoms with van der Waals surface area (Å²) in [6, 6.07) is 6.22. The van der Waals surface area contributed by atoms with Gasteiger partial charge in [-0.25, -0.2) is 4.79 Å². The first-order chi connectivity index (χ1) is 14.4. The van der Waals surface area contributed by atoms with Crippen LogP contribution in [-0.2, 0) is 0 Å². The Hall–Kier alpha value is -3.46. The molecular weight excluding hydrogens is 414 g/mol. The molecule has 3 aromatic rings. The maximum absolute atomic E-state index is 12.8. The summed E-state index contributed by atoms with van der Waals surface area (Å²) < 4.78 is 21.9. The van der Waals surface area contributed by atoms with Crippen LogP contribution in [0.5, 0.6) is 23.0 Å². The van der Waals surface area contributed by atoms with Crippen molar-refractivity contribution in [3.8, 4) is 23.0 Å². The zero-order valence-electron chi connectivity index (χ0n) is 16.8. The number of halogens is 1. The Balaban J connectivity index is 2.10. The molecule has 0 fully saturated rings. The number of H-pyrrole nitrogens is 1. The molecule has 30 heavy (non-hydrogen) atoms. The number of fused-ring (bicyclic) bond motifs is 1. The fourth-order valence-corrected chi connectivity index (χ4v) is 3.14. The largest absolute Gasteiger partial charge is 0.493 e. The summed E-state index contributed by atoms with van der Waals surface area (Å²) in [5.74, 6) is 1.55. The third-order valence-electron chi connectivity index (χ3n) is 4.24. The highest BCUT2D eigenvalue weighted by atomic mass is 35.5. The predicted octanol–water partition coefficient (Wildman–Crippen LogP) is 2.65. The molecule has 10 heteroatoms. The van der Waals surface area contributed by atoms with Crippen molar-refractivity contribution in [2.45, 2.75) is 6.92 Å². The Kier molecular flexibility index (Phi) is 6.31. The molecule has 158 valence electrons. The zero-order valence-corrected chi connectivity index (χ0v) is 17.6. The number of nitrogens with one attached hydrogen (secondary N) is 1. The lowest BCUT2D eigenvalue weighted by Crippen LogP contribution is -2.32. The van der Waals surface area contributed by atoms with Gasteiger partial charge in [-0.2, -0.15) is 5.10 Å². The van der Waals surface area contributed by atoms with Gasteiger partial charge >= 0.3 is 5.69 Å². The van der Waals surface area contributed by atoms with Crippen molar-refractivity contribution in [2.75, 3.05) is 27.9 Å². The Bertz CT molecular complexity index is 1230. The van der Waals surface area contributed by atoms with Crippen LogP contribution in [0.4, 0.5) is 0 Å². The van der Waals surface area contributed by atoms with Crippen LogP contribution < -0.4 is 30.2 Å². The monoisotopic (exact) mass is 433 g/mol. The van der Waals surface area contributed by atoms with Crippen molar-refractivity contribution >= 4 is 28.7 Å². The summed E-state index contributed by atoms with van der Waals surface area (Å²) in [6.45, 7) is 2.24. The second kappa shape index (κ2) is 8.91. The molecule has 0 radical (unpaired) electrons. The number of rotatable bonds is 7. The van der Waals surface area contributed by atoms with Crippen LogP contribution in [0.1, 0.15) is 12.5 Å². The summed E-state index contributed by atoms with van der Waals surface area (Å²) in [5.41, 5.74) is -0.506. The fraction of sp³-hybridized carbons (Fsp3) is 0.250. The van der Waals surface area contributed by atoms with Gasteiger partial charge in [0.25, 0.3) is 5.56 Å². The van der Waals surface area contributed by atoms with E-state index in [9.17, 15) is 9.59 Å². The summed E-state index contributed by atoms with van der Waals surface area (Å²) in [7, 11) is 4.40. The highest BCUT2D eigenvalue weighted by Crippen LogP contribution is 2.36. The molecule has 0 spiro atoms. The molecule has 2 aromatic carbocycles. The van der Waals surface area contributed by atoms with Gasteiger partial charge in [-0.15, -0.1) is 4.68 Å². The van der Waals surface area contributed by atoms with Crippen LogP contribution in [0.25, 0.3) is 10.9 Å². The molecule has 0 amide bonds. The van der Waals surface area contributed by atoms with Gasteiger partial charge in [0, 0.05) is 6.07 Å². The van der Waals surface area contributed by atoms with E-state index >= 15 is 0 Å². The van der Waals surface area contributed by atoms with Crippen LogP contribution >= 0.6 is 11.6 Å². The summed E-state index contributed by atoms with van der Waals surface area (Å²) in [6.07, 6.45) is 1.33. The predicted molar refractivity (Wildman–Crippen MR) is 114 cm³/mol. The third kappa shape index (κ3) is 3.97. The van der Waals surface area contributed by atoms with E-state index in [0.29, 0.717) is 50.4 Å². The van der Waals surface area contributed by atoms with Gasteiger partial charge < -0.3 is 23.9 Å². The van der Waals surface area contributed by atoms with Crippen molar-refractivity contribution < 1.29 is 18.9 Å². The minimum Gasteiger partial charge on any atom is -0.493 e. The highest BCUT2D eigenvalue weighted by molar-refractivity contribution is 6.32. The molecule has 3 rings (SSSR count). The number of aromatic nitrogens is 2. The molecule has 0 saturated heterocycles. The lowest BCUT2D eigenvalue weighted by molar-refractivity contribution is 0.311. The molecule has 0 saturated carbocycles. The molecule has 1 N–H and O–H groups in total. The van der Waals surface area contributed by atoms with E-state index in [4.69, 9.17) is 30.5 Å². The quantitative estimate of drug-likeness (QED) is 0.574. The molecular formula is C20H20ClN3O6. The Labute approximate surface area is 176 Å². The van der Waals surface area contributed by atoms with Crippen molar-refractivity contribution in [2.24, 2.45) is 5.10 Å². The average molecular weight is 434 g/mol. The van der Waals surface area contributed by atoms with E-state index in [1.165, 1.54) is 39.7 Å². The van der Waals surface area contributed by atoms with Gasteiger partial charge in [0.2, 0.25) is 0 Å². The van der Waals surface area contributed by atoms with Crippen molar-refractivity contribution in [1.82, 2.24) is 9.66 Å². The van der Waals surface area contributed by atoms with E-state index < -0.39 is 11.2 Å². The van der Waals surface area contributed by atoms with Gasteiger partial charge in [-0.1, -0.05) is 11.6 Å². The maximum Gasteiger partial charge on any atom is 0.349 e. The smallest absolute Gasteiger partial charge is 0.349 e. The summed E-state index contributed by atoms with van der Waals surface area (Å²) >= 11 is 6.25. The summed E-state index contributed by atoms with van der Waals surface area (Å²) in [5, 5.41) is 4.55. The first-order valence-electron chi connectivity index (χ1n) is 8.89. The zero-order chi connectivity index (χ0) is 21.8. The normalized spacial score (nSPS) is 11.1. The lowest BCUT2D eigenvalue weighted by atomic mass is 10.2. The van der Waals surface area contributed by atoms with E-state index in [1.807, 2.05) is 6.92 Å². The average Bonchev–Trinajstić information content (AvgIpc) is 2.74. The van der Waals surface area contributed by atoms with Crippen molar-refractivity contribution in [3.05, 3.63) is 55.7 Å². The van der Waals surface area contributed by atoms with Crippen LogP contribution in [0.2, 0.25) is 5.02 Å². The molecule has 0 atom stereocenters. The van der Waals surface area contributed by atoms with Gasteiger partial charge in [-0.3, -0.25) is 4.79 Å². The number of ether oxygens (including phenoxy) is 4. The minimum absolute atomic E-state index is 0.215. The van der Waals surface area contributed by atoms with E-state index in [2.05, 4.69) is 10.1 Å². The fourth-order valence-electron chi connectivity index (χ4n) is 2.86. The van der Waals surface area contributed by atoms with Gasteiger partial charge in [-0.05, 0) is 30.7 Å². The van der Waals surface area contributed by atoms with Gasteiger partial charge in [0.05, 0.1) is 50.1 Å². The van der Waals surface area contributed by atoms with Gasteiger partial charge in [0.1, 0.15) is 0 Å². The lowest BCUT2D eigenvalue weighted by Gasteiger charge is -2.11. The molecule has 1 heterocycles. The Morgan fingerprint density at radius 2 is 1.70 bits per heavy atom. The van der Waals surface area contributed by atoms with Crippen LogP contribution in [-0.4, -0.2) is 43.8 Å². The number of hydrogen-bond acceptors (Lipinski definition) is 7. The highest BCUT2D eigenvalue weighted by Gasteiger charge is 2.13. The van der Waals surface area contributed by atoms with E-state index in [1.54, 1.807) is 12.1 Å². The number of methoxy groups -OCH3 is 3. The molecule has 0 bridgehead atoms. The first kappa shape index (κ1) is 21.3. The second-order valence-corrected chi connectivity index (χ2v) is 6.42. The van der Waals surface area contributed by atoms with Gasteiger partial charge in [0.15, 0.2) is 23.0 Å². The standard InChI is InChI=1S/C20H20ClN3O6/c1-5-30-18-13(21)6-11(7-17(18)29-4)10-22-24-19(25)12-8-15(27-2)16(28-3)9-14(12)23-20(24)26/h6-10H,5H2,1-4H3,(H,23,26). The SMILES string of the molecule is CCOc1c(Cl)cc(C=Nn2c(=O)[nH]c3cc(OC)c(OC)cc3c2=O)cc1OC. The molecule has 0 aliphatic carbocycles. The van der Waals surface area contributed by atoms with E-state index in [-0.39, 0.29) is 5.39 Å². The Morgan fingerprint density at radius 1 is 1.03 bits per heavy atom. The Morgan fingerprint density at radius 3 is 2.33 bits per heavy atom. The second-order valence-electron chi connectivity index (χ2n) is 6.01. The van der Waals surface area contributed by atoms with Crippen LogP contribution in [0.3, 0.4) is 0 Å². The molecule has 0 aliphatic heterocycles. The van der Waals surface area contributed by atoms with E-state index in [0.717, 1.165) is 0 Å². The third-order valence-corrected chi connectivity index (χ3v) is 4.52. The molecule has 9 nitrogen and oxygen atoms in total. The molecule has 0 aliphatic rings. The number of benzene rings is 2. The maximum atomic E-state index is 12.8. The van der Waals surface area contributed by atoms with Crippen molar-refractivity contribution in [3.63, 3.8) is 0 Å². The first-order valence-corrected chi connectivity index (χ1v) is 9.27.